The number of halogens is 2. The van der Waals surface area contributed by atoms with Crippen LogP contribution in [0.3, 0.4) is 0 Å². The Morgan fingerprint density at radius 1 is 1.25 bits per heavy atom. The summed E-state index contributed by atoms with van der Waals surface area (Å²) < 4.78 is 28.8. The van der Waals surface area contributed by atoms with E-state index in [4.69, 9.17) is 5.11 Å². The highest BCUT2D eigenvalue weighted by Crippen LogP contribution is 2.26. The molecule has 0 fully saturated rings. The standard InChI is InChI=1S/C13H15F2NO4/c1-6-4-9(11(17)16-8(3)12(18)19)5-7(2)10(6)20-13(14)15/h4-5,8,13H,1-3H3,(H,16,17)(H,18,19)/t8-/m1/s1. The number of carboxylic acid groups (broad SMARTS) is 1. The highest BCUT2D eigenvalue weighted by Gasteiger charge is 2.18. The van der Waals surface area contributed by atoms with Crippen molar-refractivity contribution in [2.45, 2.75) is 33.4 Å². The first-order valence-electron chi connectivity index (χ1n) is 5.82. The molecule has 5 nitrogen and oxygen atoms in total. The van der Waals surface area contributed by atoms with Crippen LogP contribution in [-0.2, 0) is 4.79 Å². The SMILES string of the molecule is Cc1cc(C(=O)N[C@H](C)C(=O)O)cc(C)c1OC(F)F. The Hall–Kier alpha value is -2.18. The van der Waals surface area contributed by atoms with Gasteiger partial charge in [-0.1, -0.05) is 0 Å². The number of aliphatic carboxylic acids is 1. The minimum atomic E-state index is -2.95. The van der Waals surface area contributed by atoms with Gasteiger partial charge in [0.25, 0.3) is 5.91 Å². The maximum Gasteiger partial charge on any atom is 0.387 e. The predicted octanol–water partition coefficient (Wildman–Crippen LogP) is 2.11. The number of alkyl halides is 2. The molecule has 1 aromatic rings. The average molecular weight is 287 g/mol. The van der Waals surface area contributed by atoms with Crippen LogP contribution in [0.1, 0.15) is 28.4 Å². The van der Waals surface area contributed by atoms with Gasteiger partial charge in [-0.05, 0) is 44.0 Å². The van der Waals surface area contributed by atoms with Crippen LogP contribution in [0.4, 0.5) is 8.78 Å². The number of hydrogen-bond acceptors (Lipinski definition) is 3. The summed E-state index contributed by atoms with van der Waals surface area (Å²) in [5.74, 6) is -1.73. The zero-order valence-corrected chi connectivity index (χ0v) is 11.2. The molecule has 0 saturated heterocycles. The van der Waals surface area contributed by atoms with E-state index >= 15 is 0 Å². The van der Waals surface area contributed by atoms with E-state index in [1.54, 1.807) is 0 Å². The number of carboxylic acids is 1. The number of carbonyl (C=O) groups is 2. The molecule has 0 aliphatic rings. The van der Waals surface area contributed by atoms with Crippen LogP contribution in [0.5, 0.6) is 5.75 Å². The number of ether oxygens (including phenoxy) is 1. The molecule has 0 heterocycles. The normalized spacial score (nSPS) is 12.1. The van der Waals surface area contributed by atoms with Crippen molar-refractivity contribution in [1.29, 1.82) is 0 Å². The third kappa shape index (κ3) is 3.91. The van der Waals surface area contributed by atoms with E-state index in [1.165, 1.54) is 32.9 Å². The van der Waals surface area contributed by atoms with Gasteiger partial charge in [-0.15, -0.1) is 0 Å². The molecule has 0 aliphatic carbocycles. The molecule has 0 spiro atoms. The fourth-order valence-electron chi connectivity index (χ4n) is 1.70. The third-order valence-corrected chi connectivity index (χ3v) is 2.65. The summed E-state index contributed by atoms with van der Waals surface area (Å²) in [7, 11) is 0. The van der Waals surface area contributed by atoms with Crippen LogP contribution in [-0.4, -0.2) is 29.6 Å². The Kier molecular flexibility index (Phi) is 5.01. The molecule has 0 aliphatic heterocycles. The van der Waals surface area contributed by atoms with Crippen LogP contribution in [0, 0.1) is 13.8 Å². The second-order valence-electron chi connectivity index (χ2n) is 4.35. The maximum absolute atomic E-state index is 12.2. The fourth-order valence-corrected chi connectivity index (χ4v) is 1.70. The molecule has 7 heteroatoms. The van der Waals surface area contributed by atoms with Crippen molar-refractivity contribution in [1.82, 2.24) is 5.32 Å². The Bertz CT molecular complexity index is 508. The Morgan fingerprint density at radius 3 is 2.15 bits per heavy atom. The van der Waals surface area contributed by atoms with E-state index in [0.717, 1.165) is 0 Å². The molecule has 0 bridgehead atoms. The first kappa shape index (κ1) is 15.9. The van der Waals surface area contributed by atoms with Gasteiger partial charge in [-0.2, -0.15) is 8.78 Å². The maximum atomic E-state index is 12.2. The topological polar surface area (TPSA) is 75.6 Å². The summed E-state index contributed by atoms with van der Waals surface area (Å²) in [6.45, 7) is 1.44. The van der Waals surface area contributed by atoms with E-state index < -0.39 is 24.5 Å². The summed E-state index contributed by atoms with van der Waals surface area (Å²) in [4.78, 5) is 22.5. The average Bonchev–Trinajstić information content (AvgIpc) is 2.32. The first-order chi connectivity index (χ1) is 9.22. The van der Waals surface area contributed by atoms with Crippen molar-refractivity contribution in [2.75, 3.05) is 0 Å². The minimum absolute atomic E-state index is 0.0165. The molecule has 1 rings (SSSR count). The molecular weight excluding hydrogens is 272 g/mol. The molecule has 0 radical (unpaired) electrons. The lowest BCUT2D eigenvalue weighted by atomic mass is 10.0. The number of hydrogen-bond donors (Lipinski definition) is 2. The van der Waals surface area contributed by atoms with Crippen molar-refractivity contribution in [3.8, 4) is 5.75 Å². The van der Waals surface area contributed by atoms with Crippen LogP contribution in [0.15, 0.2) is 12.1 Å². The number of benzene rings is 1. The van der Waals surface area contributed by atoms with Gasteiger partial charge in [0, 0.05) is 5.56 Å². The molecule has 0 aromatic heterocycles. The molecule has 1 amide bonds. The van der Waals surface area contributed by atoms with Crippen molar-refractivity contribution >= 4 is 11.9 Å². The van der Waals surface area contributed by atoms with Gasteiger partial charge in [0.15, 0.2) is 0 Å². The fraction of sp³-hybridized carbons (Fsp3) is 0.385. The van der Waals surface area contributed by atoms with E-state index in [1.807, 2.05) is 0 Å². The van der Waals surface area contributed by atoms with Gasteiger partial charge in [0.1, 0.15) is 11.8 Å². The molecule has 2 N–H and O–H groups in total. The molecule has 110 valence electrons. The van der Waals surface area contributed by atoms with Crippen LogP contribution in [0.25, 0.3) is 0 Å². The number of carbonyl (C=O) groups excluding carboxylic acids is 1. The molecular formula is C13H15F2NO4. The van der Waals surface area contributed by atoms with E-state index in [-0.39, 0.29) is 11.3 Å². The quantitative estimate of drug-likeness (QED) is 0.869. The number of nitrogens with one attached hydrogen (secondary N) is 1. The highest BCUT2D eigenvalue weighted by molar-refractivity contribution is 5.97. The molecule has 0 unspecified atom stereocenters. The third-order valence-electron chi connectivity index (χ3n) is 2.65. The van der Waals surface area contributed by atoms with Crippen molar-refractivity contribution in [3.63, 3.8) is 0 Å². The number of amides is 1. The molecule has 20 heavy (non-hydrogen) atoms. The summed E-state index contributed by atoms with van der Waals surface area (Å²) >= 11 is 0. The van der Waals surface area contributed by atoms with Gasteiger partial charge < -0.3 is 15.2 Å². The van der Waals surface area contributed by atoms with Gasteiger partial charge in [-0.3, -0.25) is 9.59 Å². The van der Waals surface area contributed by atoms with E-state index in [0.29, 0.717) is 11.1 Å². The first-order valence-corrected chi connectivity index (χ1v) is 5.82. The summed E-state index contributed by atoms with van der Waals surface area (Å²) in [6, 6.07) is 1.70. The smallest absolute Gasteiger partial charge is 0.387 e. The van der Waals surface area contributed by atoms with Crippen LogP contribution >= 0.6 is 0 Å². The second kappa shape index (κ2) is 6.31. The second-order valence-corrected chi connectivity index (χ2v) is 4.35. The lowest BCUT2D eigenvalue weighted by Crippen LogP contribution is -2.38. The number of rotatable bonds is 5. The van der Waals surface area contributed by atoms with Gasteiger partial charge in [0.2, 0.25) is 0 Å². The van der Waals surface area contributed by atoms with Gasteiger partial charge in [0.05, 0.1) is 0 Å². The Balaban J connectivity index is 2.98. The predicted molar refractivity (Wildman–Crippen MR) is 67.1 cm³/mol. The van der Waals surface area contributed by atoms with Gasteiger partial charge >= 0.3 is 12.6 Å². The summed E-state index contributed by atoms with van der Waals surface area (Å²) in [5.41, 5.74) is 0.937. The molecule has 1 aromatic carbocycles. The lowest BCUT2D eigenvalue weighted by molar-refractivity contribution is -0.138. The monoisotopic (exact) mass is 287 g/mol. The Labute approximate surface area is 114 Å². The molecule has 1 atom stereocenters. The van der Waals surface area contributed by atoms with Gasteiger partial charge in [-0.25, -0.2) is 0 Å². The minimum Gasteiger partial charge on any atom is -0.480 e. The van der Waals surface area contributed by atoms with E-state index in [2.05, 4.69) is 10.1 Å². The molecule has 0 saturated carbocycles. The zero-order chi connectivity index (χ0) is 15.4. The number of aryl methyl sites for hydroxylation is 2. The summed E-state index contributed by atoms with van der Waals surface area (Å²) in [6.07, 6.45) is 0. The van der Waals surface area contributed by atoms with Crippen molar-refractivity contribution < 1.29 is 28.2 Å². The van der Waals surface area contributed by atoms with Crippen LogP contribution < -0.4 is 10.1 Å². The Morgan fingerprint density at radius 2 is 1.75 bits per heavy atom. The largest absolute Gasteiger partial charge is 0.480 e. The lowest BCUT2D eigenvalue weighted by Gasteiger charge is -2.14. The van der Waals surface area contributed by atoms with Crippen molar-refractivity contribution in [2.24, 2.45) is 0 Å². The summed E-state index contributed by atoms with van der Waals surface area (Å²) in [5, 5.41) is 11.0. The highest BCUT2D eigenvalue weighted by atomic mass is 19.3. The van der Waals surface area contributed by atoms with Crippen LogP contribution in [0.2, 0.25) is 0 Å². The zero-order valence-electron chi connectivity index (χ0n) is 11.2. The van der Waals surface area contributed by atoms with Crippen molar-refractivity contribution in [3.05, 3.63) is 28.8 Å². The van der Waals surface area contributed by atoms with E-state index in [9.17, 15) is 18.4 Å².